The summed E-state index contributed by atoms with van der Waals surface area (Å²) in [6, 6.07) is 3.79. The minimum absolute atomic E-state index is 0.272. The largest absolute Gasteiger partial charge is 0.495 e. The van der Waals surface area contributed by atoms with Crippen molar-refractivity contribution in [1.82, 2.24) is 9.88 Å². The molecule has 1 aliphatic heterocycles. The maximum atomic E-state index is 12.2. The highest BCUT2D eigenvalue weighted by Gasteiger charge is 2.24. The smallest absolute Gasteiger partial charge is 0.222 e. The number of aromatic nitrogens is 1. The number of piperazine rings is 1. The molecule has 0 N–H and O–H groups in total. The fraction of sp³-hybridized carbons (Fsp3) is 0.556. The van der Waals surface area contributed by atoms with E-state index in [0.29, 0.717) is 6.42 Å². The molecule has 0 atom stereocenters. The lowest BCUT2D eigenvalue weighted by Crippen LogP contribution is -2.48. The lowest BCUT2D eigenvalue weighted by molar-refractivity contribution is -0.131. The van der Waals surface area contributed by atoms with Gasteiger partial charge in [-0.3, -0.25) is 4.79 Å². The van der Waals surface area contributed by atoms with Gasteiger partial charge < -0.3 is 19.3 Å². The molecule has 1 amide bonds. The number of carbonyl (C=O) groups excluding carboxylic acids is 1. The van der Waals surface area contributed by atoms with Crippen molar-refractivity contribution in [3.05, 3.63) is 12.1 Å². The number of benzene rings is 1. The standard InChI is InChI=1S/C18H25N3O3S/c1-4-5-6-15(22)20-9-11-21(12-10-20)18-19-16-13(23-2)7-8-14(24-3)17(16)25-18/h7-8H,4-6,9-12H2,1-3H3. The Labute approximate surface area is 152 Å². The van der Waals surface area contributed by atoms with Gasteiger partial charge in [0.2, 0.25) is 5.91 Å². The third-order valence-electron chi connectivity index (χ3n) is 4.55. The van der Waals surface area contributed by atoms with Crippen LogP contribution in [0.5, 0.6) is 11.5 Å². The van der Waals surface area contributed by atoms with E-state index in [9.17, 15) is 4.79 Å². The first-order valence-electron chi connectivity index (χ1n) is 8.72. The molecule has 0 bridgehead atoms. The molecule has 1 aromatic carbocycles. The average Bonchev–Trinajstić information content (AvgIpc) is 3.10. The van der Waals surface area contributed by atoms with Crippen LogP contribution in [0.1, 0.15) is 26.2 Å². The van der Waals surface area contributed by atoms with Crippen LogP contribution in [0.25, 0.3) is 10.2 Å². The van der Waals surface area contributed by atoms with E-state index < -0.39 is 0 Å². The third kappa shape index (κ3) is 3.66. The Morgan fingerprint density at radius 1 is 1.16 bits per heavy atom. The summed E-state index contributed by atoms with van der Waals surface area (Å²) in [6.07, 6.45) is 2.68. The van der Waals surface area contributed by atoms with E-state index in [0.717, 1.165) is 65.9 Å². The molecule has 0 spiro atoms. The van der Waals surface area contributed by atoms with Gasteiger partial charge in [-0.15, -0.1) is 0 Å². The molecule has 1 aromatic heterocycles. The summed E-state index contributed by atoms with van der Waals surface area (Å²) in [5.41, 5.74) is 0.836. The number of fused-ring (bicyclic) bond motifs is 1. The summed E-state index contributed by atoms with van der Waals surface area (Å²) in [6.45, 7) is 5.24. The number of rotatable bonds is 6. The molecule has 2 heterocycles. The summed E-state index contributed by atoms with van der Waals surface area (Å²) < 4.78 is 11.9. The lowest BCUT2D eigenvalue weighted by Gasteiger charge is -2.34. The zero-order chi connectivity index (χ0) is 17.8. The molecule has 1 aliphatic rings. The maximum absolute atomic E-state index is 12.2. The predicted octanol–water partition coefficient (Wildman–Crippen LogP) is 3.15. The number of nitrogens with zero attached hydrogens (tertiary/aromatic N) is 3. The van der Waals surface area contributed by atoms with Crippen LogP contribution >= 0.6 is 11.3 Å². The summed E-state index contributed by atoms with van der Waals surface area (Å²) >= 11 is 1.61. The summed E-state index contributed by atoms with van der Waals surface area (Å²) in [5.74, 6) is 1.84. The average molecular weight is 363 g/mol. The van der Waals surface area contributed by atoms with E-state index in [1.165, 1.54) is 0 Å². The zero-order valence-electron chi connectivity index (χ0n) is 15.1. The van der Waals surface area contributed by atoms with Crippen molar-refractivity contribution in [3.8, 4) is 11.5 Å². The molecule has 0 unspecified atom stereocenters. The van der Waals surface area contributed by atoms with Crippen LogP contribution in [-0.4, -0.2) is 56.2 Å². The number of carbonyl (C=O) groups is 1. The van der Waals surface area contributed by atoms with Crippen molar-refractivity contribution in [3.63, 3.8) is 0 Å². The fourth-order valence-corrected chi connectivity index (χ4v) is 4.17. The minimum atomic E-state index is 0.272. The van der Waals surface area contributed by atoms with Gasteiger partial charge in [0.25, 0.3) is 0 Å². The first-order chi connectivity index (χ1) is 12.2. The van der Waals surface area contributed by atoms with Crippen molar-refractivity contribution in [2.24, 2.45) is 0 Å². The van der Waals surface area contributed by atoms with Crippen molar-refractivity contribution in [2.75, 3.05) is 45.3 Å². The first-order valence-corrected chi connectivity index (χ1v) is 9.53. The Morgan fingerprint density at radius 2 is 1.84 bits per heavy atom. The van der Waals surface area contributed by atoms with Gasteiger partial charge in [-0.2, -0.15) is 0 Å². The Kier molecular flexibility index (Phi) is 5.63. The van der Waals surface area contributed by atoms with Gasteiger partial charge >= 0.3 is 0 Å². The zero-order valence-corrected chi connectivity index (χ0v) is 15.9. The number of hydrogen-bond donors (Lipinski definition) is 0. The molecule has 7 heteroatoms. The van der Waals surface area contributed by atoms with Gasteiger partial charge in [0.05, 0.1) is 14.2 Å². The number of anilines is 1. The first kappa shape index (κ1) is 17.8. The number of unbranched alkanes of at least 4 members (excludes halogenated alkanes) is 1. The van der Waals surface area contributed by atoms with Crippen molar-refractivity contribution in [2.45, 2.75) is 26.2 Å². The van der Waals surface area contributed by atoms with E-state index >= 15 is 0 Å². The lowest BCUT2D eigenvalue weighted by atomic mass is 10.2. The Bertz CT molecular complexity index is 697. The molecule has 0 saturated carbocycles. The SMILES string of the molecule is CCCCC(=O)N1CCN(c2nc3c(OC)ccc(OC)c3s2)CC1. The van der Waals surface area contributed by atoms with E-state index in [-0.39, 0.29) is 5.91 Å². The van der Waals surface area contributed by atoms with Gasteiger partial charge in [0.15, 0.2) is 5.13 Å². The van der Waals surface area contributed by atoms with Crippen LogP contribution < -0.4 is 14.4 Å². The Morgan fingerprint density at radius 3 is 2.48 bits per heavy atom. The van der Waals surface area contributed by atoms with Gasteiger partial charge in [0.1, 0.15) is 21.7 Å². The molecule has 0 radical (unpaired) electrons. The van der Waals surface area contributed by atoms with E-state index in [1.807, 2.05) is 17.0 Å². The summed E-state index contributed by atoms with van der Waals surface area (Å²) in [4.78, 5) is 21.2. The van der Waals surface area contributed by atoms with Gasteiger partial charge in [0, 0.05) is 32.6 Å². The van der Waals surface area contributed by atoms with Gasteiger partial charge in [-0.05, 0) is 18.6 Å². The number of amides is 1. The molecule has 1 saturated heterocycles. The van der Waals surface area contributed by atoms with Crippen molar-refractivity contribution >= 4 is 32.6 Å². The highest BCUT2D eigenvalue weighted by Crippen LogP contribution is 2.40. The number of methoxy groups -OCH3 is 2. The maximum Gasteiger partial charge on any atom is 0.222 e. The molecule has 2 aromatic rings. The molecule has 136 valence electrons. The topological polar surface area (TPSA) is 54.9 Å². The van der Waals surface area contributed by atoms with E-state index in [1.54, 1.807) is 25.6 Å². The second kappa shape index (κ2) is 7.91. The molecule has 1 fully saturated rings. The van der Waals surface area contributed by atoms with Crippen LogP contribution in [-0.2, 0) is 4.79 Å². The van der Waals surface area contributed by atoms with Gasteiger partial charge in [-0.1, -0.05) is 24.7 Å². The summed E-state index contributed by atoms with van der Waals surface area (Å²) in [7, 11) is 3.32. The second-order valence-electron chi connectivity index (χ2n) is 6.12. The van der Waals surface area contributed by atoms with Crippen molar-refractivity contribution in [1.29, 1.82) is 0 Å². The molecule has 3 rings (SSSR count). The Balaban J connectivity index is 1.74. The van der Waals surface area contributed by atoms with Crippen LogP contribution in [0.2, 0.25) is 0 Å². The fourth-order valence-electron chi connectivity index (χ4n) is 3.04. The van der Waals surface area contributed by atoms with Crippen molar-refractivity contribution < 1.29 is 14.3 Å². The highest BCUT2D eigenvalue weighted by atomic mass is 32.1. The minimum Gasteiger partial charge on any atom is -0.495 e. The molecule has 0 aliphatic carbocycles. The number of hydrogen-bond acceptors (Lipinski definition) is 6. The molecular weight excluding hydrogens is 338 g/mol. The molecular formula is C18H25N3O3S. The Hall–Kier alpha value is -2.02. The molecule has 25 heavy (non-hydrogen) atoms. The summed E-state index contributed by atoms with van der Waals surface area (Å²) in [5, 5.41) is 0.957. The van der Waals surface area contributed by atoms with E-state index in [2.05, 4.69) is 11.8 Å². The number of ether oxygens (including phenoxy) is 2. The van der Waals surface area contributed by atoms with E-state index in [4.69, 9.17) is 14.5 Å². The van der Waals surface area contributed by atoms with Crippen LogP contribution in [0.3, 0.4) is 0 Å². The second-order valence-corrected chi connectivity index (χ2v) is 7.09. The monoisotopic (exact) mass is 363 g/mol. The number of thiazole rings is 1. The van der Waals surface area contributed by atoms with Gasteiger partial charge in [-0.25, -0.2) is 4.98 Å². The third-order valence-corrected chi connectivity index (χ3v) is 5.68. The quantitative estimate of drug-likeness (QED) is 0.789. The molecule has 6 nitrogen and oxygen atoms in total. The normalized spacial score (nSPS) is 14.8. The predicted molar refractivity (Wildman–Crippen MR) is 101 cm³/mol. The van der Waals surface area contributed by atoms with Crippen LogP contribution in [0, 0.1) is 0 Å². The van der Waals surface area contributed by atoms with Crippen LogP contribution in [0.4, 0.5) is 5.13 Å². The van der Waals surface area contributed by atoms with Crippen LogP contribution in [0.15, 0.2) is 12.1 Å². The highest BCUT2D eigenvalue weighted by molar-refractivity contribution is 7.22.